The summed E-state index contributed by atoms with van der Waals surface area (Å²) in [6, 6.07) is 0.338. The van der Waals surface area contributed by atoms with Gasteiger partial charge < -0.3 is 5.32 Å². The quantitative estimate of drug-likeness (QED) is 0.584. The molecule has 4 rings (SSSR count). The van der Waals surface area contributed by atoms with E-state index in [4.69, 9.17) is 0 Å². The third-order valence-corrected chi connectivity index (χ3v) is 4.46. The van der Waals surface area contributed by atoms with Crippen molar-refractivity contribution in [1.29, 1.82) is 0 Å². The van der Waals surface area contributed by atoms with Crippen LogP contribution in [-0.4, -0.2) is 47.9 Å². The lowest BCUT2D eigenvalue weighted by molar-refractivity contribution is -0.124. The lowest BCUT2D eigenvalue weighted by Crippen LogP contribution is -2.19. The van der Waals surface area contributed by atoms with E-state index in [0.717, 1.165) is 12.8 Å². The first kappa shape index (κ1) is 14.9. The summed E-state index contributed by atoms with van der Waals surface area (Å²) in [6.07, 6.45) is 6.77. The Morgan fingerprint density at radius 3 is 2.79 bits per heavy atom. The smallest absolute Gasteiger partial charge is 0.254 e. The Labute approximate surface area is 139 Å². The van der Waals surface area contributed by atoms with Crippen molar-refractivity contribution in [3.8, 4) is 0 Å². The van der Waals surface area contributed by atoms with Crippen molar-refractivity contribution in [1.82, 2.24) is 24.9 Å². The minimum absolute atomic E-state index is 0.0288. The van der Waals surface area contributed by atoms with Crippen LogP contribution in [0.2, 0.25) is 0 Å². The summed E-state index contributed by atoms with van der Waals surface area (Å²) < 4.78 is 13.3. The number of nitrogens with zero attached hydrogens (tertiary/aromatic N) is 4. The van der Waals surface area contributed by atoms with Gasteiger partial charge in [-0.2, -0.15) is 19.6 Å². The number of fused-ring (bicyclic) bond motifs is 1. The number of aromatic nitrogens is 4. The molecule has 10 heteroatoms. The SMILES string of the molecule is CS(=O)c1nc(NC2CC2)n2ncc(/C=C3\CC(=O)NC3=O)c2n1. The standard InChI is InChI=1S/C14H14N6O3S/c1-24(23)14-18-11-8(4-7-5-10(21)17-12(7)22)6-15-20(11)13(19-14)16-9-2-3-9/h4,6,9H,2-3,5H2,1H3,(H,16,18,19)(H,17,21,22)/b7-4+. The van der Waals surface area contributed by atoms with E-state index in [1.54, 1.807) is 12.3 Å². The third kappa shape index (κ3) is 2.68. The van der Waals surface area contributed by atoms with Gasteiger partial charge in [0.2, 0.25) is 17.0 Å². The number of imide groups is 1. The zero-order chi connectivity index (χ0) is 16.8. The van der Waals surface area contributed by atoms with Crippen molar-refractivity contribution in [3.63, 3.8) is 0 Å². The number of carbonyl (C=O) groups is 2. The van der Waals surface area contributed by atoms with Crippen molar-refractivity contribution in [2.75, 3.05) is 11.6 Å². The predicted octanol–water partition coefficient (Wildman–Crippen LogP) is -0.134. The van der Waals surface area contributed by atoms with E-state index in [1.165, 1.54) is 10.8 Å². The molecule has 2 aromatic rings. The normalized spacial score (nSPS) is 20.6. The minimum Gasteiger partial charge on any atom is -0.351 e. The molecule has 1 aliphatic heterocycles. The molecular weight excluding hydrogens is 332 g/mol. The topological polar surface area (TPSA) is 118 Å². The fourth-order valence-electron chi connectivity index (χ4n) is 2.42. The zero-order valence-corrected chi connectivity index (χ0v) is 13.6. The van der Waals surface area contributed by atoms with Gasteiger partial charge in [0.1, 0.15) is 0 Å². The van der Waals surface area contributed by atoms with E-state index in [0.29, 0.717) is 28.8 Å². The lowest BCUT2D eigenvalue weighted by Gasteiger charge is -2.07. The molecule has 2 aromatic heterocycles. The number of rotatable bonds is 4. The monoisotopic (exact) mass is 346 g/mol. The highest BCUT2D eigenvalue weighted by atomic mass is 32.2. The van der Waals surface area contributed by atoms with Crippen LogP contribution < -0.4 is 10.6 Å². The molecule has 1 unspecified atom stereocenters. The summed E-state index contributed by atoms with van der Waals surface area (Å²) in [5, 5.41) is 9.92. The number of hydrogen-bond acceptors (Lipinski definition) is 7. The first-order valence-electron chi connectivity index (χ1n) is 7.42. The first-order valence-corrected chi connectivity index (χ1v) is 8.97. The van der Waals surface area contributed by atoms with Gasteiger partial charge >= 0.3 is 0 Å². The molecule has 0 aromatic carbocycles. The minimum atomic E-state index is -1.36. The summed E-state index contributed by atoms with van der Waals surface area (Å²) in [5.74, 6) is -0.267. The van der Waals surface area contributed by atoms with Crippen LogP contribution in [0, 0.1) is 0 Å². The van der Waals surface area contributed by atoms with Crippen molar-refractivity contribution < 1.29 is 13.8 Å². The molecule has 1 atom stereocenters. The average Bonchev–Trinajstić information content (AvgIpc) is 3.16. The lowest BCUT2D eigenvalue weighted by atomic mass is 10.1. The molecule has 0 bridgehead atoms. The molecule has 9 nitrogen and oxygen atoms in total. The van der Waals surface area contributed by atoms with E-state index in [-0.39, 0.29) is 17.5 Å². The Balaban J connectivity index is 1.83. The highest BCUT2D eigenvalue weighted by Gasteiger charge is 2.26. The van der Waals surface area contributed by atoms with E-state index >= 15 is 0 Å². The Hall–Kier alpha value is -2.62. The molecule has 1 saturated heterocycles. The van der Waals surface area contributed by atoms with Crippen LogP contribution in [0.1, 0.15) is 24.8 Å². The highest BCUT2D eigenvalue weighted by Crippen LogP contribution is 2.25. The van der Waals surface area contributed by atoms with Crippen molar-refractivity contribution in [2.45, 2.75) is 30.5 Å². The van der Waals surface area contributed by atoms with Crippen LogP contribution in [0.25, 0.3) is 11.7 Å². The van der Waals surface area contributed by atoms with Gasteiger partial charge in [-0.25, -0.2) is 0 Å². The number of anilines is 1. The van der Waals surface area contributed by atoms with E-state index in [1.807, 2.05) is 0 Å². The van der Waals surface area contributed by atoms with Crippen molar-refractivity contribution >= 4 is 40.3 Å². The maximum absolute atomic E-state index is 11.8. The molecule has 1 aliphatic carbocycles. The van der Waals surface area contributed by atoms with Crippen LogP contribution in [0.4, 0.5) is 5.95 Å². The third-order valence-electron chi connectivity index (χ3n) is 3.77. The number of amides is 2. The van der Waals surface area contributed by atoms with Gasteiger partial charge in [-0.3, -0.25) is 19.1 Å². The molecule has 24 heavy (non-hydrogen) atoms. The van der Waals surface area contributed by atoms with E-state index in [2.05, 4.69) is 25.7 Å². The molecule has 2 fully saturated rings. The molecular formula is C14H14N6O3S. The number of carbonyl (C=O) groups excluding carboxylic acids is 2. The van der Waals surface area contributed by atoms with Crippen molar-refractivity contribution in [2.24, 2.45) is 0 Å². The summed E-state index contributed by atoms with van der Waals surface area (Å²) in [5.41, 5.74) is 1.37. The van der Waals surface area contributed by atoms with Gasteiger partial charge in [-0.1, -0.05) is 0 Å². The molecule has 0 radical (unpaired) electrons. The molecule has 2 aliphatic rings. The molecule has 3 heterocycles. The highest BCUT2D eigenvalue weighted by molar-refractivity contribution is 7.84. The molecule has 2 amide bonds. The van der Waals surface area contributed by atoms with Crippen molar-refractivity contribution in [3.05, 3.63) is 17.3 Å². The van der Waals surface area contributed by atoms with Crippen LogP contribution in [0.5, 0.6) is 0 Å². The Morgan fingerprint density at radius 2 is 2.17 bits per heavy atom. The Morgan fingerprint density at radius 1 is 1.38 bits per heavy atom. The largest absolute Gasteiger partial charge is 0.351 e. The molecule has 2 N–H and O–H groups in total. The van der Waals surface area contributed by atoms with E-state index < -0.39 is 16.7 Å². The first-order chi connectivity index (χ1) is 11.5. The summed E-state index contributed by atoms with van der Waals surface area (Å²) in [7, 11) is -1.36. The number of hydrogen-bond donors (Lipinski definition) is 2. The summed E-state index contributed by atoms with van der Waals surface area (Å²) in [6.45, 7) is 0. The van der Waals surface area contributed by atoms with Crippen LogP contribution in [0.15, 0.2) is 16.9 Å². The van der Waals surface area contributed by atoms with Crippen LogP contribution in [0.3, 0.4) is 0 Å². The molecule has 1 saturated carbocycles. The number of nitrogens with one attached hydrogen (secondary N) is 2. The summed E-state index contributed by atoms with van der Waals surface area (Å²) in [4.78, 5) is 31.6. The van der Waals surface area contributed by atoms with Crippen LogP contribution in [-0.2, 0) is 20.4 Å². The van der Waals surface area contributed by atoms with Gasteiger partial charge in [-0.15, -0.1) is 0 Å². The Kier molecular flexibility index (Phi) is 3.41. The second-order valence-electron chi connectivity index (χ2n) is 5.76. The van der Waals surface area contributed by atoms with Gasteiger partial charge in [0.15, 0.2) is 5.65 Å². The fraction of sp³-hybridized carbons (Fsp3) is 0.357. The van der Waals surface area contributed by atoms with Gasteiger partial charge in [-0.05, 0) is 18.9 Å². The van der Waals surface area contributed by atoms with Gasteiger partial charge in [0.25, 0.3) is 5.91 Å². The van der Waals surface area contributed by atoms with Crippen LogP contribution >= 0.6 is 0 Å². The second kappa shape index (κ2) is 5.48. The van der Waals surface area contributed by atoms with Gasteiger partial charge in [0.05, 0.1) is 23.4 Å². The average molecular weight is 346 g/mol. The Bertz CT molecular complexity index is 930. The predicted molar refractivity (Wildman–Crippen MR) is 85.5 cm³/mol. The second-order valence-corrected chi connectivity index (χ2v) is 7.03. The molecule has 0 spiro atoms. The van der Waals surface area contributed by atoms with E-state index in [9.17, 15) is 13.8 Å². The zero-order valence-electron chi connectivity index (χ0n) is 12.8. The summed E-state index contributed by atoms with van der Waals surface area (Å²) >= 11 is 0. The van der Waals surface area contributed by atoms with Gasteiger partial charge in [0, 0.05) is 23.4 Å². The fourth-order valence-corrected chi connectivity index (χ4v) is 2.85. The molecule has 124 valence electrons. The maximum atomic E-state index is 11.8. The maximum Gasteiger partial charge on any atom is 0.254 e.